The Balaban J connectivity index is 3.32. The third kappa shape index (κ3) is 63.5. The van der Waals surface area contributed by atoms with Crippen LogP contribution in [-0.2, 0) is 14.3 Å². The van der Waals surface area contributed by atoms with Crippen molar-refractivity contribution < 1.29 is 24.5 Å². The molecule has 0 aromatic heterocycles. The van der Waals surface area contributed by atoms with Gasteiger partial charge in [0.2, 0.25) is 5.91 Å². The van der Waals surface area contributed by atoms with Gasteiger partial charge in [-0.25, -0.2) is 4.79 Å². The van der Waals surface area contributed by atoms with Crippen LogP contribution < -0.4 is 5.32 Å². The van der Waals surface area contributed by atoms with Gasteiger partial charge in [-0.2, -0.15) is 0 Å². The fourth-order valence-corrected chi connectivity index (χ4v) is 11.4. The molecule has 0 saturated heterocycles. The van der Waals surface area contributed by atoms with Gasteiger partial charge in [0.15, 0.2) is 0 Å². The fraction of sp³-hybridized carbons (Fsp3) is 0.917. The molecule has 0 fully saturated rings. The molecule has 0 heterocycles. The van der Waals surface area contributed by atoms with Gasteiger partial charge in [-0.1, -0.05) is 379 Å². The van der Waals surface area contributed by atoms with E-state index in [0.717, 1.165) is 44.9 Å². The predicted octanol–water partition coefficient (Wildman–Crippen LogP) is 22.9. The van der Waals surface area contributed by atoms with Crippen LogP contribution in [0.25, 0.3) is 0 Å². The number of allylic oxidation sites excluding steroid dienone is 3. The van der Waals surface area contributed by atoms with Crippen LogP contribution in [0, 0.1) is 0 Å². The van der Waals surface area contributed by atoms with Crippen molar-refractivity contribution in [2.24, 2.45) is 0 Å². The van der Waals surface area contributed by atoms with Gasteiger partial charge in [0.1, 0.15) is 0 Å². The second-order valence-corrected chi connectivity index (χ2v) is 24.7. The minimum atomic E-state index is -0.660. The third-order valence-electron chi connectivity index (χ3n) is 16.9. The maximum Gasteiger partial charge on any atom is 0.330 e. The zero-order valence-corrected chi connectivity index (χ0v) is 52.9. The van der Waals surface area contributed by atoms with Gasteiger partial charge >= 0.3 is 5.97 Å². The summed E-state index contributed by atoms with van der Waals surface area (Å²) in [6, 6.07) is -0.537. The van der Waals surface area contributed by atoms with Crippen LogP contribution in [0.5, 0.6) is 0 Å². The number of hydrogen-bond acceptors (Lipinski definition) is 5. The highest BCUT2D eigenvalue weighted by atomic mass is 16.5. The third-order valence-corrected chi connectivity index (χ3v) is 16.9. The second kappa shape index (κ2) is 67.8. The average Bonchev–Trinajstić information content (AvgIpc) is 3.44. The summed E-state index contributed by atoms with van der Waals surface area (Å²) in [6.07, 6.45) is 85.7. The monoisotopic (exact) mass is 1100 g/mol. The van der Waals surface area contributed by atoms with Gasteiger partial charge < -0.3 is 20.3 Å². The van der Waals surface area contributed by atoms with Crippen LogP contribution in [0.15, 0.2) is 24.3 Å². The van der Waals surface area contributed by atoms with Crippen molar-refractivity contribution in [1.82, 2.24) is 5.32 Å². The zero-order chi connectivity index (χ0) is 56.4. The van der Waals surface area contributed by atoms with E-state index in [1.807, 2.05) is 12.2 Å². The normalized spacial score (nSPS) is 12.6. The molecule has 0 aromatic rings. The Hall–Kier alpha value is -1.66. The first-order chi connectivity index (χ1) is 38.5. The molecule has 0 bridgehead atoms. The van der Waals surface area contributed by atoms with E-state index in [-0.39, 0.29) is 18.5 Å². The number of aliphatic hydroxyl groups is 2. The fourth-order valence-electron chi connectivity index (χ4n) is 11.4. The highest BCUT2D eigenvalue weighted by Crippen LogP contribution is 2.19. The van der Waals surface area contributed by atoms with Gasteiger partial charge in [-0.3, -0.25) is 4.79 Å². The Labute approximate surface area is 488 Å². The number of ether oxygens (including phenoxy) is 1. The van der Waals surface area contributed by atoms with E-state index in [1.54, 1.807) is 6.08 Å². The number of esters is 1. The van der Waals surface area contributed by atoms with Crippen molar-refractivity contribution in [3.8, 4) is 0 Å². The van der Waals surface area contributed by atoms with Crippen molar-refractivity contribution in [3.05, 3.63) is 24.3 Å². The smallest absolute Gasteiger partial charge is 0.330 e. The minimum Gasteiger partial charge on any atom is -0.463 e. The highest BCUT2D eigenvalue weighted by molar-refractivity contribution is 5.82. The number of carbonyl (C=O) groups is 2. The number of unbranched alkanes of at least 4 members (excludes halogenated alkanes) is 55. The van der Waals surface area contributed by atoms with Crippen molar-refractivity contribution in [3.63, 3.8) is 0 Å². The van der Waals surface area contributed by atoms with Crippen molar-refractivity contribution in [2.75, 3.05) is 13.2 Å². The lowest BCUT2D eigenvalue weighted by Gasteiger charge is -2.22. The van der Waals surface area contributed by atoms with E-state index in [4.69, 9.17) is 4.74 Å². The van der Waals surface area contributed by atoms with E-state index in [2.05, 4.69) is 25.2 Å². The molecular weight excluding hydrogens is 959 g/mol. The quantitative estimate of drug-likeness (QED) is 0.0244. The first-order valence-corrected chi connectivity index (χ1v) is 35.6. The Kier molecular flexibility index (Phi) is 66.4. The van der Waals surface area contributed by atoms with Crippen LogP contribution in [0.4, 0.5) is 0 Å². The van der Waals surface area contributed by atoms with Gasteiger partial charge in [0.25, 0.3) is 0 Å². The number of nitrogens with one attached hydrogen (secondary N) is 1. The van der Waals surface area contributed by atoms with E-state index in [0.29, 0.717) is 19.4 Å². The number of rotatable bonds is 67. The predicted molar refractivity (Wildman–Crippen MR) is 343 cm³/mol. The minimum absolute atomic E-state index is 0.0284. The molecule has 0 aromatic carbocycles. The molecule has 0 saturated carbocycles. The van der Waals surface area contributed by atoms with Gasteiger partial charge in [0, 0.05) is 12.5 Å². The Morgan fingerprint density at radius 1 is 0.372 bits per heavy atom. The molecule has 78 heavy (non-hydrogen) atoms. The summed E-state index contributed by atoms with van der Waals surface area (Å²) >= 11 is 0. The summed E-state index contributed by atoms with van der Waals surface area (Å²) in [5, 5.41) is 23.3. The lowest BCUT2D eigenvalue weighted by molar-refractivity contribution is -0.137. The molecule has 0 aliphatic heterocycles. The Morgan fingerprint density at radius 3 is 0.974 bits per heavy atom. The molecule has 1 amide bonds. The van der Waals surface area contributed by atoms with Gasteiger partial charge in [-0.15, -0.1) is 0 Å². The molecular formula is C72H139NO5. The SMILES string of the molecule is CCCCCCCCCCCCCC=CC=CC(=O)OCCCCCCCCCCCCCCCCCCCCCCCCCCCCCCCCCCCC(=O)N[C@@H](CO)[C@H](O)CCCCCCCCCCCCCCC. The summed E-state index contributed by atoms with van der Waals surface area (Å²) in [5.41, 5.74) is 0. The summed E-state index contributed by atoms with van der Waals surface area (Å²) < 4.78 is 5.38. The van der Waals surface area contributed by atoms with E-state index in [9.17, 15) is 19.8 Å². The molecule has 0 radical (unpaired) electrons. The van der Waals surface area contributed by atoms with Gasteiger partial charge in [-0.05, 0) is 32.1 Å². The highest BCUT2D eigenvalue weighted by Gasteiger charge is 2.20. The first kappa shape index (κ1) is 76.3. The van der Waals surface area contributed by atoms with Crippen LogP contribution in [-0.4, -0.2) is 47.4 Å². The lowest BCUT2D eigenvalue weighted by Crippen LogP contribution is -2.45. The summed E-state index contributed by atoms with van der Waals surface area (Å²) in [7, 11) is 0. The maximum absolute atomic E-state index is 12.5. The first-order valence-electron chi connectivity index (χ1n) is 35.6. The summed E-state index contributed by atoms with van der Waals surface area (Å²) in [4.78, 5) is 24.4. The van der Waals surface area contributed by atoms with E-state index < -0.39 is 12.1 Å². The van der Waals surface area contributed by atoms with Gasteiger partial charge in [0.05, 0.1) is 25.4 Å². The molecule has 0 unspecified atom stereocenters. The Bertz CT molecular complexity index is 1220. The molecule has 0 aliphatic rings. The molecule has 6 nitrogen and oxygen atoms in total. The molecule has 6 heteroatoms. The Morgan fingerprint density at radius 2 is 0.654 bits per heavy atom. The van der Waals surface area contributed by atoms with Crippen molar-refractivity contribution in [2.45, 2.75) is 411 Å². The number of aliphatic hydroxyl groups excluding tert-OH is 2. The van der Waals surface area contributed by atoms with Crippen LogP contribution >= 0.6 is 0 Å². The van der Waals surface area contributed by atoms with Crippen molar-refractivity contribution >= 4 is 11.9 Å². The lowest BCUT2D eigenvalue weighted by atomic mass is 10.0. The van der Waals surface area contributed by atoms with Crippen LogP contribution in [0.3, 0.4) is 0 Å². The molecule has 0 rings (SSSR count). The average molecular weight is 1100 g/mol. The van der Waals surface area contributed by atoms with E-state index in [1.165, 1.54) is 327 Å². The molecule has 2 atom stereocenters. The number of amides is 1. The van der Waals surface area contributed by atoms with Crippen LogP contribution in [0.2, 0.25) is 0 Å². The standard InChI is InChI=1S/C72H139NO5/c1-3-5-7-9-11-13-15-17-37-42-46-50-54-58-62-66-72(77)78-67-63-59-55-51-47-43-39-36-34-32-30-28-26-24-22-20-18-19-21-23-25-27-29-31-33-35-38-41-45-49-53-57-61-65-71(76)73-69(68-74)70(75)64-60-56-52-48-44-40-16-14-12-10-8-6-4-2/h54,58,62,66,69-70,74-75H,3-53,55-57,59-61,63-65,67-68H2,1-2H3,(H,73,76)/t69-,70+/m0/s1. The topological polar surface area (TPSA) is 95.9 Å². The van der Waals surface area contributed by atoms with Crippen molar-refractivity contribution in [1.29, 1.82) is 0 Å². The summed E-state index contributed by atoms with van der Waals surface area (Å²) in [5.74, 6) is -0.234. The second-order valence-electron chi connectivity index (χ2n) is 24.7. The molecule has 0 spiro atoms. The molecule has 0 aliphatic carbocycles. The number of hydrogen-bond donors (Lipinski definition) is 3. The van der Waals surface area contributed by atoms with E-state index >= 15 is 0 Å². The largest absolute Gasteiger partial charge is 0.463 e. The number of carbonyl (C=O) groups excluding carboxylic acids is 2. The summed E-state index contributed by atoms with van der Waals surface area (Å²) in [6.45, 7) is 4.91. The molecule has 462 valence electrons. The zero-order valence-electron chi connectivity index (χ0n) is 52.9. The van der Waals surface area contributed by atoms with Crippen LogP contribution in [0.1, 0.15) is 399 Å². The molecule has 3 N–H and O–H groups in total. The maximum atomic E-state index is 12.5.